The number of hydrogen-bond acceptors (Lipinski definition) is 6. The smallest absolute Gasteiger partial charge is 0.408 e. The Bertz CT molecular complexity index is 853. The van der Waals surface area contributed by atoms with Crippen molar-refractivity contribution in [2.24, 2.45) is 0 Å². The zero-order valence-electron chi connectivity index (χ0n) is 18.3. The van der Waals surface area contributed by atoms with E-state index >= 15 is 0 Å². The van der Waals surface area contributed by atoms with Crippen molar-refractivity contribution in [1.82, 2.24) is 15.1 Å². The molecule has 0 aliphatic carbocycles. The SMILES string of the molecule is C[C@@H](c1ccc([N+](=O)[O-])c(F)c1Cl)[C@@H](NC(=O)OC(C)(C)C)C(=O)N1CCN(C)CC1. The molecule has 1 heterocycles. The molecule has 172 valence electrons. The standard InChI is InChI=1S/C20H28ClFN4O5/c1-12(13-6-7-14(26(29)30)16(22)15(13)21)17(23-19(28)31-20(2,3)4)18(27)25-10-8-24(5)9-11-25/h6-7,12,17H,8-11H2,1-5H3,(H,23,28)/t12-,17+/m0/s1. The van der Waals surface area contributed by atoms with Crippen molar-refractivity contribution in [2.45, 2.75) is 45.3 Å². The van der Waals surface area contributed by atoms with E-state index in [1.54, 1.807) is 32.6 Å². The van der Waals surface area contributed by atoms with E-state index < -0.39 is 45.1 Å². The van der Waals surface area contributed by atoms with Gasteiger partial charge in [0.05, 0.1) is 9.95 Å². The summed E-state index contributed by atoms with van der Waals surface area (Å²) in [6.07, 6.45) is -0.801. The number of nitro benzene ring substituents is 1. The zero-order valence-corrected chi connectivity index (χ0v) is 19.0. The molecule has 1 aromatic carbocycles. The van der Waals surface area contributed by atoms with Gasteiger partial charge in [0.1, 0.15) is 11.6 Å². The fourth-order valence-corrected chi connectivity index (χ4v) is 3.62. The summed E-state index contributed by atoms with van der Waals surface area (Å²) in [7, 11) is 1.94. The van der Waals surface area contributed by atoms with Gasteiger partial charge in [-0.2, -0.15) is 4.39 Å². The highest BCUT2D eigenvalue weighted by molar-refractivity contribution is 6.31. The fourth-order valence-electron chi connectivity index (χ4n) is 3.29. The van der Waals surface area contributed by atoms with Crippen molar-refractivity contribution in [3.8, 4) is 0 Å². The predicted molar refractivity (Wildman–Crippen MR) is 114 cm³/mol. The van der Waals surface area contributed by atoms with Crippen LogP contribution in [0.15, 0.2) is 12.1 Å². The van der Waals surface area contributed by atoms with Crippen molar-refractivity contribution < 1.29 is 23.6 Å². The van der Waals surface area contributed by atoms with Gasteiger partial charge in [0.15, 0.2) is 0 Å². The quantitative estimate of drug-likeness (QED) is 0.536. The maximum atomic E-state index is 14.4. The minimum atomic E-state index is -1.18. The van der Waals surface area contributed by atoms with Crippen LogP contribution in [-0.4, -0.2) is 71.6 Å². The number of likely N-dealkylation sites (N-methyl/N-ethyl adjacent to an activating group) is 1. The molecule has 11 heteroatoms. The summed E-state index contributed by atoms with van der Waals surface area (Å²) in [6, 6.07) is 1.20. The van der Waals surface area contributed by atoms with Gasteiger partial charge in [-0.3, -0.25) is 14.9 Å². The summed E-state index contributed by atoms with van der Waals surface area (Å²) in [6.45, 7) is 8.95. The summed E-state index contributed by atoms with van der Waals surface area (Å²) in [4.78, 5) is 39.5. The highest BCUT2D eigenvalue weighted by Gasteiger charge is 2.36. The van der Waals surface area contributed by atoms with E-state index in [-0.39, 0.29) is 11.5 Å². The molecule has 2 amide bonds. The second kappa shape index (κ2) is 9.78. The first kappa shape index (κ1) is 24.8. The van der Waals surface area contributed by atoms with Gasteiger partial charge in [0.2, 0.25) is 11.7 Å². The topological polar surface area (TPSA) is 105 Å². The second-order valence-corrected chi connectivity index (χ2v) is 8.98. The Morgan fingerprint density at radius 3 is 2.35 bits per heavy atom. The number of nitro groups is 1. The number of benzene rings is 1. The summed E-state index contributed by atoms with van der Waals surface area (Å²) in [5.74, 6) is -2.32. The number of nitrogens with one attached hydrogen (secondary N) is 1. The van der Waals surface area contributed by atoms with Gasteiger partial charge in [-0.25, -0.2) is 4.79 Å². The lowest BCUT2D eigenvalue weighted by molar-refractivity contribution is -0.387. The van der Waals surface area contributed by atoms with E-state index in [1.807, 2.05) is 7.05 Å². The molecular formula is C20H28ClFN4O5. The lowest BCUT2D eigenvalue weighted by atomic mass is 9.91. The van der Waals surface area contributed by atoms with E-state index in [0.717, 1.165) is 6.07 Å². The van der Waals surface area contributed by atoms with E-state index in [2.05, 4.69) is 10.2 Å². The van der Waals surface area contributed by atoms with Gasteiger partial charge in [-0.1, -0.05) is 24.6 Å². The zero-order chi connectivity index (χ0) is 23.5. The first-order chi connectivity index (χ1) is 14.3. The van der Waals surface area contributed by atoms with Gasteiger partial charge >= 0.3 is 11.8 Å². The summed E-state index contributed by atoms with van der Waals surface area (Å²) >= 11 is 6.08. The van der Waals surface area contributed by atoms with E-state index in [0.29, 0.717) is 26.2 Å². The number of piperazine rings is 1. The Morgan fingerprint density at radius 2 is 1.84 bits per heavy atom. The Balaban J connectivity index is 2.37. The third-order valence-corrected chi connectivity index (χ3v) is 5.42. The van der Waals surface area contributed by atoms with Gasteiger partial charge < -0.3 is 19.9 Å². The number of amides is 2. The van der Waals surface area contributed by atoms with Crippen LogP contribution in [0.1, 0.15) is 39.2 Å². The third kappa shape index (κ3) is 6.27. The number of carbonyl (C=O) groups is 2. The van der Waals surface area contributed by atoms with Crippen molar-refractivity contribution >= 4 is 29.3 Å². The van der Waals surface area contributed by atoms with Crippen molar-refractivity contribution in [1.29, 1.82) is 0 Å². The number of halogens is 2. The fraction of sp³-hybridized carbons (Fsp3) is 0.600. The number of carbonyl (C=O) groups excluding carboxylic acids is 2. The summed E-state index contributed by atoms with van der Waals surface area (Å²) in [5, 5.41) is 13.1. The molecular weight excluding hydrogens is 431 g/mol. The van der Waals surface area contributed by atoms with Crippen molar-refractivity contribution in [2.75, 3.05) is 33.2 Å². The Morgan fingerprint density at radius 1 is 1.26 bits per heavy atom. The molecule has 0 bridgehead atoms. The number of hydrogen-bond donors (Lipinski definition) is 1. The highest BCUT2D eigenvalue weighted by atomic mass is 35.5. The van der Waals surface area contributed by atoms with Gasteiger partial charge in [-0.15, -0.1) is 0 Å². The molecule has 0 aromatic heterocycles. The Kier molecular flexibility index (Phi) is 7.82. The third-order valence-electron chi connectivity index (χ3n) is 5.03. The molecule has 1 aromatic rings. The summed E-state index contributed by atoms with van der Waals surface area (Å²) < 4.78 is 19.7. The highest BCUT2D eigenvalue weighted by Crippen LogP contribution is 2.34. The van der Waals surface area contributed by atoms with Crippen LogP contribution >= 0.6 is 11.6 Å². The molecule has 2 atom stereocenters. The number of alkyl carbamates (subject to hydrolysis) is 1. The molecule has 0 radical (unpaired) electrons. The molecule has 1 aliphatic heterocycles. The lowest BCUT2D eigenvalue weighted by Crippen LogP contribution is -2.56. The average Bonchev–Trinajstić information content (AvgIpc) is 2.66. The van der Waals surface area contributed by atoms with E-state index in [9.17, 15) is 24.1 Å². The number of rotatable bonds is 5. The first-order valence-electron chi connectivity index (χ1n) is 9.91. The van der Waals surface area contributed by atoms with Crippen LogP contribution in [0.3, 0.4) is 0 Å². The maximum absolute atomic E-state index is 14.4. The van der Waals surface area contributed by atoms with Crippen LogP contribution in [-0.2, 0) is 9.53 Å². The van der Waals surface area contributed by atoms with Crippen molar-refractivity contribution in [3.05, 3.63) is 38.7 Å². The Hall–Kier alpha value is -2.46. The minimum absolute atomic E-state index is 0.174. The predicted octanol–water partition coefficient (Wildman–Crippen LogP) is 3.16. The van der Waals surface area contributed by atoms with E-state index in [1.165, 1.54) is 6.07 Å². The molecule has 1 saturated heterocycles. The van der Waals surface area contributed by atoms with Gasteiger partial charge in [0, 0.05) is 38.2 Å². The monoisotopic (exact) mass is 458 g/mol. The molecule has 2 rings (SSSR count). The second-order valence-electron chi connectivity index (χ2n) is 8.60. The minimum Gasteiger partial charge on any atom is -0.444 e. The average molecular weight is 459 g/mol. The largest absolute Gasteiger partial charge is 0.444 e. The molecule has 31 heavy (non-hydrogen) atoms. The van der Waals surface area contributed by atoms with E-state index in [4.69, 9.17) is 16.3 Å². The van der Waals surface area contributed by atoms with Crippen LogP contribution in [0, 0.1) is 15.9 Å². The molecule has 1 fully saturated rings. The van der Waals surface area contributed by atoms with Crippen LogP contribution in [0.5, 0.6) is 0 Å². The van der Waals surface area contributed by atoms with Crippen molar-refractivity contribution in [3.63, 3.8) is 0 Å². The van der Waals surface area contributed by atoms with Gasteiger partial charge in [0.25, 0.3) is 0 Å². The normalized spacial score (nSPS) is 17.1. The molecule has 0 saturated carbocycles. The number of ether oxygens (including phenoxy) is 1. The van der Waals surface area contributed by atoms with Crippen LogP contribution in [0.2, 0.25) is 5.02 Å². The molecule has 1 N–H and O–H groups in total. The number of nitrogens with zero attached hydrogens (tertiary/aromatic N) is 3. The molecule has 1 aliphatic rings. The Labute approximate surface area is 185 Å². The molecule has 0 unspecified atom stereocenters. The van der Waals surface area contributed by atoms with Crippen LogP contribution < -0.4 is 5.32 Å². The van der Waals surface area contributed by atoms with Gasteiger partial charge in [-0.05, 0) is 33.4 Å². The molecule has 9 nitrogen and oxygen atoms in total. The van der Waals surface area contributed by atoms with Crippen LogP contribution in [0.4, 0.5) is 14.9 Å². The first-order valence-corrected chi connectivity index (χ1v) is 10.3. The van der Waals surface area contributed by atoms with Crippen LogP contribution in [0.25, 0.3) is 0 Å². The maximum Gasteiger partial charge on any atom is 0.408 e. The lowest BCUT2D eigenvalue weighted by Gasteiger charge is -2.36. The molecule has 0 spiro atoms. The summed E-state index contributed by atoms with van der Waals surface area (Å²) in [5.41, 5.74) is -1.37.